The molecule has 172 valence electrons. The summed E-state index contributed by atoms with van der Waals surface area (Å²) in [6.07, 6.45) is 5.17. The maximum atomic E-state index is 13.0. The van der Waals surface area contributed by atoms with Gasteiger partial charge in [0.1, 0.15) is 33.9 Å². The highest BCUT2D eigenvalue weighted by atomic mass is 32.1. The Hall–Kier alpha value is -3.07. The number of nitriles is 1. The molecule has 0 aliphatic heterocycles. The van der Waals surface area contributed by atoms with Gasteiger partial charge in [-0.25, -0.2) is 9.78 Å². The SMILES string of the molecule is COCCOC(=O)c1sc2ncn(CC(=O)Nc3sc4c(c3C#N)CCCC4)c(=O)c2c1C. The fourth-order valence-electron chi connectivity index (χ4n) is 3.84. The molecule has 3 aromatic heterocycles. The zero-order valence-electron chi connectivity index (χ0n) is 18.2. The highest BCUT2D eigenvalue weighted by Crippen LogP contribution is 2.37. The lowest BCUT2D eigenvalue weighted by Gasteiger charge is -2.09. The largest absolute Gasteiger partial charge is 0.459 e. The topological polar surface area (TPSA) is 123 Å². The third kappa shape index (κ3) is 4.55. The number of thiophene rings is 2. The van der Waals surface area contributed by atoms with Crippen molar-refractivity contribution >= 4 is 49.8 Å². The second kappa shape index (κ2) is 9.82. The summed E-state index contributed by atoms with van der Waals surface area (Å²) in [6.45, 7) is 1.79. The fourth-order valence-corrected chi connectivity index (χ4v) is 6.13. The lowest BCUT2D eigenvalue weighted by atomic mass is 9.96. The minimum absolute atomic E-state index is 0.109. The molecule has 0 saturated carbocycles. The Bertz CT molecular complexity index is 1330. The summed E-state index contributed by atoms with van der Waals surface area (Å²) in [5.41, 5.74) is 1.62. The Morgan fingerprint density at radius 2 is 2.06 bits per heavy atom. The third-order valence-corrected chi connectivity index (χ3v) is 7.86. The highest BCUT2D eigenvalue weighted by molar-refractivity contribution is 7.20. The van der Waals surface area contributed by atoms with E-state index in [1.807, 2.05) is 0 Å². The van der Waals surface area contributed by atoms with E-state index in [0.717, 1.165) is 47.5 Å². The van der Waals surface area contributed by atoms with Crippen LogP contribution in [0.3, 0.4) is 0 Å². The average molecular weight is 487 g/mol. The molecule has 0 fully saturated rings. The van der Waals surface area contributed by atoms with Crippen LogP contribution in [-0.2, 0) is 33.7 Å². The summed E-state index contributed by atoms with van der Waals surface area (Å²) < 4.78 is 11.2. The highest BCUT2D eigenvalue weighted by Gasteiger charge is 2.23. The van der Waals surface area contributed by atoms with Crippen LogP contribution < -0.4 is 10.9 Å². The van der Waals surface area contributed by atoms with E-state index < -0.39 is 17.4 Å². The van der Waals surface area contributed by atoms with Crippen molar-refractivity contribution in [2.75, 3.05) is 25.6 Å². The number of hydrogen-bond donors (Lipinski definition) is 1. The first-order chi connectivity index (χ1) is 15.9. The molecule has 4 rings (SSSR count). The van der Waals surface area contributed by atoms with E-state index in [1.54, 1.807) is 6.92 Å². The lowest BCUT2D eigenvalue weighted by molar-refractivity contribution is -0.116. The van der Waals surface area contributed by atoms with Gasteiger partial charge in [-0.05, 0) is 43.7 Å². The number of hydrogen-bond acceptors (Lipinski definition) is 9. The summed E-state index contributed by atoms with van der Waals surface area (Å²) in [6, 6.07) is 2.21. The van der Waals surface area contributed by atoms with Crippen LogP contribution in [0.4, 0.5) is 5.00 Å². The molecule has 1 aliphatic carbocycles. The number of fused-ring (bicyclic) bond motifs is 2. The molecule has 0 saturated heterocycles. The smallest absolute Gasteiger partial charge is 0.348 e. The summed E-state index contributed by atoms with van der Waals surface area (Å²) in [7, 11) is 1.51. The Balaban J connectivity index is 1.55. The predicted molar refractivity (Wildman–Crippen MR) is 125 cm³/mol. The Kier molecular flexibility index (Phi) is 6.88. The van der Waals surface area contributed by atoms with Crippen LogP contribution in [0.25, 0.3) is 10.2 Å². The maximum absolute atomic E-state index is 13.0. The van der Waals surface area contributed by atoms with Crippen molar-refractivity contribution < 1.29 is 19.1 Å². The second-order valence-corrected chi connectivity index (χ2v) is 9.72. The summed E-state index contributed by atoms with van der Waals surface area (Å²) in [5.74, 6) is -0.956. The van der Waals surface area contributed by atoms with Gasteiger partial charge in [0.15, 0.2) is 0 Å². The van der Waals surface area contributed by atoms with Crippen molar-refractivity contribution in [3.05, 3.63) is 43.1 Å². The number of methoxy groups -OCH3 is 1. The van der Waals surface area contributed by atoms with Crippen molar-refractivity contribution in [1.82, 2.24) is 9.55 Å². The first-order valence-corrected chi connectivity index (χ1v) is 12.1. The van der Waals surface area contributed by atoms with E-state index in [-0.39, 0.29) is 19.8 Å². The zero-order valence-corrected chi connectivity index (χ0v) is 19.9. The van der Waals surface area contributed by atoms with Gasteiger partial charge < -0.3 is 14.8 Å². The van der Waals surface area contributed by atoms with E-state index in [1.165, 1.54) is 29.3 Å². The molecule has 0 spiro atoms. The summed E-state index contributed by atoms with van der Waals surface area (Å²) >= 11 is 2.51. The van der Waals surface area contributed by atoms with Crippen molar-refractivity contribution in [3.63, 3.8) is 0 Å². The average Bonchev–Trinajstić information content (AvgIpc) is 3.32. The molecule has 3 aromatic rings. The molecule has 3 heterocycles. The number of rotatable bonds is 7. The molecular formula is C22H22N4O5S2. The van der Waals surface area contributed by atoms with E-state index in [4.69, 9.17) is 9.47 Å². The number of carbonyl (C=O) groups is 2. The molecule has 11 heteroatoms. The molecule has 1 amide bonds. The standard InChI is InChI=1S/C22H22N4O5S2/c1-12-17-20(33-18(12)22(29)31-8-7-30-2)24-11-26(21(17)28)10-16(27)25-19-14(9-23)13-5-3-4-6-15(13)32-19/h11H,3-8,10H2,1-2H3,(H,25,27). The summed E-state index contributed by atoms with van der Waals surface area (Å²) in [4.78, 5) is 44.2. The van der Waals surface area contributed by atoms with E-state index in [0.29, 0.717) is 31.2 Å². The lowest BCUT2D eigenvalue weighted by Crippen LogP contribution is -2.27. The third-order valence-electron chi connectivity index (χ3n) is 5.47. The molecule has 0 atom stereocenters. The fraction of sp³-hybridized carbons (Fsp3) is 0.409. The number of anilines is 1. The molecule has 0 radical (unpaired) electrons. The molecule has 0 unspecified atom stereocenters. The van der Waals surface area contributed by atoms with Crippen molar-refractivity contribution in [2.45, 2.75) is 39.2 Å². The number of nitrogens with zero attached hydrogens (tertiary/aromatic N) is 3. The molecule has 9 nitrogen and oxygen atoms in total. The number of aromatic nitrogens is 2. The van der Waals surface area contributed by atoms with Crippen molar-refractivity contribution in [3.8, 4) is 6.07 Å². The number of nitrogens with one attached hydrogen (secondary N) is 1. The van der Waals surface area contributed by atoms with Crippen LogP contribution in [-0.4, -0.2) is 41.8 Å². The predicted octanol–water partition coefficient (Wildman–Crippen LogP) is 3.02. The van der Waals surface area contributed by atoms with Gasteiger partial charge in [-0.3, -0.25) is 14.2 Å². The molecule has 0 aromatic carbocycles. The number of carbonyl (C=O) groups excluding carboxylic acids is 2. The molecule has 1 N–H and O–H groups in total. The van der Waals surface area contributed by atoms with Gasteiger partial charge in [-0.1, -0.05) is 0 Å². The molecule has 0 bridgehead atoms. The Labute approximate surface area is 197 Å². The van der Waals surface area contributed by atoms with Crippen LogP contribution in [0.2, 0.25) is 0 Å². The first-order valence-electron chi connectivity index (χ1n) is 10.4. The van der Waals surface area contributed by atoms with Crippen molar-refractivity contribution in [1.29, 1.82) is 5.26 Å². The normalized spacial score (nSPS) is 12.9. The van der Waals surface area contributed by atoms with Crippen LogP contribution in [0.15, 0.2) is 11.1 Å². The quantitative estimate of drug-likeness (QED) is 0.402. The van der Waals surface area contributed by atoms with E-state index in [2.05, 4.69) is 16.4 Å². The summed E-state index contributed by atoms with van der Waals surface area (Å²) in [5, 5.41) is 13.2. The first kappa shape index (κ1) is 23.1. The van der Waals surface area contributed by atoms with E-state index >= 15 is 0 Å². The van der Waals surface area contributed by atoms with Crippen LogP contribution in [0.5, 0.6) is 0 Å². The van der Waals surface area contributed by atoms with Gasteiger partial charge in [0, 0.05) is 12.0 Å². The molecule has 1 aliphatic rings. The Morgan fingerprint density at radius 1 is 1.27 bits per heavy atom. The van der Waals surface area contributed by atoms with Crippen LogP contribution >= 0.6 is 22.7 Å². The molecular weight excluding hydrogens is 464 g/mol. The van der Waals surface area contributed by atoms with Gasteiger partial charge >= 0.3 is 5.97 Å². The van der Waals surface area contributed by atoms with Gasteiger partial charge in [0.2, 0.25) is 5.91 Å². The number of amides is 1. The Morgan fingerprint density at radius 3 is 2.82 bits per heavy atom. The minimum atomic E-state index is -0.540. The zero-order chi connectivity index (χ0) is 23.5. The minimum Gasteiger partial charge on any atom is -0.459 e. The van der Waals surface area contributed by atoms with Gasteiger partial charge in [-0.2, -0.15) is 5.26 Å². The second-order valence-electron chi connectivity index (χ2n) is 7.62. The van der Waals surface area contributed by atoms with Crippen LogP contribution in [0.1, 0.15) is 44.1 Å². The van der Waals surface area contributed by atoms with Crippen LogP contribution in [0, 0.1) is 18.3 Å². The number of ether oxygens (including phenoxy) is 2. The molecule has 33 heavy (non-hydrogen) atoms. The van der Waals surface area contributed by atoms with Gasteiger partial charge in [-0.15, -0.1) is 22.7 Å². The number of aryl methyl sites for hydroxylation is 2. The van der Waals surface area contributed by atoms with Gasteiger partial charge in [0.25, 0.3) is 5.56 Å². The monoisotopic (exact) mass is 486 g/mol. The van der Waals surface area contributed by atoms with Crippen molar-refractivity contribution in [2.24, 2.45) is 0 Å². The van der Waals surface area contributed by atoms with E-state index in [9.17, 15) is 19.6 Å². The number of esters is 1. The maximum Gasteiger partial charge on any atom is 0.348 e. The van der Waals surface area contributed by atoms with Gasteiger partial charge in [0.05, 0.1) is 23.9 Å².